The minimum absolute atomic E-state index is 0.0384. The van der Waals surface area contributed by atoms with Crippen molar-refractivity contribution in [2.45, 2.75) is 44.6 Å². The van der Waals surface area contributed by atoms with Crippen LogP contribution in [-0.4, -0.2) is 47.4 Å². The molecule has 0 unspecified atom stereocenters. The van der Waals surface area contributed by atoms with Gasteiger partial charge in [-0.2, -0.15) is 9.40 Å². The van der Waals surface area contributed by atoms with E-state index in [1.54, 1.807) is 0 Å². The van der Waals surface area contributed by atoms with E-state index in [2.05, 4.69) is 16.0 Å². The summed E-state index contributed by atoms with van der Waals surface area (Å²) in [5.74, 6) is -1.04. The molecule has 2 N–H and O–H groups in total. The number of hydrogen-bond donors (Lipinski definition) is 2. The number of amides is 2. The number of nitrogens with zero attached hydrogens (tertiary/aromatic N) is 3. The molecule has 10 heteroatoms. The van der Waals surface area contributed by atoms with Gasteiger partial charge in [-0.1, -0.05) is 12.5 Å². The zero-order valence-corrected chi connectivity index (χ0v) is 17.3. The van der Waals surface area contributed by atoms with Crippen LogP contribution in [-0.2, 0) is 21.4 Å². The number of aryl methyl sites for hydroxylation is 2. The second-order valence-corrected chi connectivity index (χ2v) is 9.02. The maximum Gasteiger partial charge on any atom is 0.269 e. The molecule has 0 atom stereocenters. The Morgan fingerprint density at radius 1 is 1.07 bits per heavy atom. The molecule has 1 aliphatic rings. The average molecular weight is 420 g/mol. The molecule has 1 aromatic heterocycles. The van der Waals surface area contributed by atoms with Gasteiger partial charge in [0.15, 0.2) is 0 Å². The maximum atomic E-state index is 12.8. The number of aromatic nitrogens is 2. The topological polar surface area (TPSA) is 113 Å². The molecule has 9 nitrogen and oxygen atoms in total. The first-order valence-corrected chi connectivity index (χ1v) is 10.9. The van der Waals surface area contributed by atoms with Gasteiger partial charge < -0.3 is 0 Å². The normalized spacial score (nSPS) is 15.1. The molecule has 1 aromatic carbocycles. The standard InChI is InChI=1S/C19H25N5O4S/c1-14-11-15(2)24(22-14)13-18(25)20-21-19(26)16-7-6-8-17(12-16)29(27,28)23-9-4-3-5-10-23/h6-8,11-12H,3-5,9-10,13H2,1-2H3,(H,20,25)(H,21,26). The molecule has 2 amide bonds. The Labute approximate surface area is 170 Å². The van der Waals surface area contributed by atoms with E-state index < -0.39 is 21.8 Å². The molecular weight excluding hydrogens is 394 g/mol. The van der Waals surface area contributed by atoms with Gasteiger partial charge in [0.25, 0.3) is 11.8 Å². The quantitative estimate of drug-likeness (QED) is 0.706. The zero-order valence-electron chi connectivity index (χ0n) is 16.5. The molecule has 1 fully saturated rings. The third-order valence-corrected chi connectivity index (χ3v) is 6.66. The van der Waals surface area contributed by atoms with Gasteiger partial charge >= 0.3 is 0 Å². The molecule has 0 saturated carbocycles. The van der Waals surface area contributed by atoms with Crippen molar-refractivity contribution in [3.8, 4) is 0 Å². The van der Waals surface area contributed by atoms with E-state index in [0.717, 1.165) is 30.7 Å². The summed E-state index contributed by atoms with van der Waals surface area (Å²) in [5.41, 5.74) is 6.42. The van der Waals surface area contributed by atoms with Crippen molar-refractivity contribution >= 4 is 21.8 Å². The molecule has 29 heavy (non-hydrogen) atoms. The van der Waals surface area contributed by atoms with Crippen LogP contribution in [0.25, 0.3) is 0 Å². The molecule has 3 rings (SSSR count). The predicted molar refractivity (Wildman–Crippen MR) is 106 cm³/mol. The zero-order chi connectivity index (χ0) is 21.0. The number of benzene rings is 1. The Kier molecular flexibility index (Phi) is 6.33. The van der Waals surface area contributed by atoms with Crippen molar-refractivity contribution < 1.29 is 18.0 Å². The molecule has 0 aliphatic carbocycles. The summed E-state index contributed by atoms with van der Waals surface area (Å²) in [6, 6.07) is 7.66. The van der Waals surface area contributed by atoms with Gasteiger partial charge in [0.1, 0.15) is 6.54 Å². The molecule has 2 heterocycles. The first-order valence-electron chi connectivity index (χ1n) is 9.48. The van der Waals surface area contributed by atoms with Crippen LogP contribution in [0.5, 0.6) is 0 Å². The van der Waals surface area contributed by atoms with Crippen LogP contribution in [0.1, 0.15) is 41.0 Å². The SMILES string of the molecule is Cc1cc(C)n(CC(=O)NNC(=O)c2cccc(S(=O)(=O)N3CCCCC3)c2)n1. The van der Waals surface area contributed by atoms with Crippen LogP contribution in [0.15, 0.2) is 35.2 Å². The third kappa shape index (κ3) is 5.01. The monoisotopic (exact) mass is 419 g/mol. The number of piperidine rings is 1. The highest BCUT2D eigenvalue weighted by Gasteiger charge is 2.26. The number of rotatable bonds is 5. The van der Waals surface area contributed by atoms with Crippen molar-refractivity contribution in [3.05, 3.63) is 47.3 Å². The van der Waals surface area contributed by atoms with Crippen LogP contribution in [0, 0.1) is 13.8 Å². The molecule has 1 saturated heterocycles. The van der Waals surface area contributed by atoms with Crippen molar-refractivity contribution in [1.82, 2.24) is 24.9 Å². The Balaban J connectivity index is 1.63. The van der Waals surface area contributed by atoms with Crippen LogP contribution in [0.3, 0.4) is 0 Å². The van der Waals surface area contributed by atoms with E-state index in [0.29, 0.717) is 13.1 Å². The van der Waals surface area contributed by atoms with Gasteiger partial charge in [-0.15, -0.1) is 0 Å². The molecular formula is C19H25N5O4S. The van der Waals surface area contributed by atoms with E-state index >= 15 is 0 Å². The van der Waals surface area contributed by atoms with E-state index in [4.69, 9.17) is 0 Å². The number of hydrogen-bond acceptors (Lipinski definition) is 5. The highest BCUT2D eigenvalue weighted by Crippen LogP contribution is 2.21. The van der Waals surface area contributed by atoms with Crippen LogP contribution < -0.4 is 10.9 Å². The summed E-state index contributed by atoms with van der Waals surface area (Å²) >= 11 is 0. The second kappa shape index (κ2) is 8.75. The molecule has 0 spiro atoms. The lowest BCUT2D eigenvalue weighted by Gasteiger charge is -2.26. The van der Waals surface area contributed by atoms with Gasteiger partial charge in [0.2, 0.25) is 10.0 Å². The van der Waals surface area contributed by atoms with Gasteiger partial charge in [-0.05, 0) is 51.0 Å². The average Bonchev–Trinajstić information content (AvgIpc) is 3.03. The largest absolute Gasteiger partial charge is 0.271 e. The number of sulfonamides is 1. The van der Waals surface area contributed by atoms with Gasteiger partial charge in [-0.3, -0.25) is 25.1 Å². The summed E-state index contributed by atoms with van der Waals surface area (Å²) in [5, 5.41) is 4.19. The summed E-state index contributed by atoms with van der Waals surface area (Å²) in [6.45, 7) is 4.60. The number of carbonyl (C=O) groups excluding carboxylic acids is 2. The smallest absolute Gasteiger partial charge is 0.269 e. The van der Waals surface area contributed by atoms with Gasteiger partial charge in [0, 0.05) is 24.3 Å². The first kappa shape index (κ1) is 21.0. The molecule has 0 radical (unpaired) electrons. The first-order chi connectivity index (χ1) is 13.8. The fourth-order valence-corrected chi connectivity index (χ4v) is 4.82. The molecule has 156 valence electrons. The number of hydrazine groups is 1. The van der Waals surface area contributed by atoms with E-state index in [9.17, 15) is 18.0 Å². The molecule has 2 aromatic rings. The minimum atomic E-state index is -3.64. The predicted octanol–water partition coefficient (Wildman–Crippen LogP) is 1.14. The van der Waals surface area contributed by atoms with E-state index in [1.807, 2.05) is 19.9 Å². The lowest BCUT2D eigenvalue weighted by molar-refractivity contribution is -0.122. The third-order valence-electron chi connectivity index (χ3n) is 4.76. The fourth-order valence-electron chi connectivity index (χ4n) is 3.26. The van der Waals surface area contributed by atoms with E-state index in [1.165, 1.54) is 33.3 Å². The summed E-state index contributed by atoms with van der Waals surface area (Å²) in [7, 11) is -3.64. The lowest BCUT2D eigenvalue weighted by Crippen LogP contribution is -2.43. The van der Waals surface area contributed by atoms with Crippen molar-refractivity contribution in [1.29, 1.82) is 0 Å². The highest BCUT2D eigenvalue weighted by molar-refractivity contribution is 7.89. The highest BCUT2D eigenvalue weighted by atomic mass is 32.2. The Morgan fingerprint density at radius 2 is 1.79 bits per heavy atom. The maximum absolute atomic E-state index is 12.8. The van der Waals surface area contributed by atoms with Gasteiger partial charge in [0.05, 0.1) is 10.6 Å². The van der Waals surface area contributed by atoms with E-state index in [-0.39, 0.29) is 17.0 Å². The summed E-state index contributed by atoms with van der Waals surface area (Å²) < 4.78 is 28.5. The van der Waals surface area contributed by atoms with Crippen molar-refractivity contribution in [2.75, 3.05) is 13.1 Å². The van der Waals surface area contributed by atoms with Crippen molar-refractivity contribution in [3.63, 3.8) is 0 Å². The second-order valence-electron chi connectivity index (χ2n) is 7.08. The fraction of sp³-hybridized carbons (Fsp3) is 0.421. The van der Waals surface area contributed by atoms with Crippen molar-refractivity contribution in [2.24, 2.45) is 0 Å². The van der Waals surface area contributed by atoms with Crippen LogP contribution in [0.4, 0.5) is 0 Å². The molecule has 1 aliphatic heterocycles. The molecule has 0 bridgehead atoms. The number of carbonyl (C=O) groups is 2. The van der Waals surface area contributed by atoms with Gasteiger partial charge in [-0.25, -0.2) is 8.42 Å². The summed E-state index contributed by atoms with van der Waals surface area (Å²) in [4.78, 5) is 24.5. The number of nitrogens with one attached hydrogen (secondary N) is 2. The Hall–Kier alpha value is -2.72. The van der Waals surface area contributed by atoms with Crippen LogP contribution >= 0.6 is 0 Å². The van der Waals surface area contributed by atoms with Crippen LogP contribution in [0.2, 0.25) is 0 Å². The lowest BCUT2D eigenvalue weighted by atomic mass is 10.2. The Morgan fingerprint density at radius 3 is 2.45 bits per heavy atom. The minimum Gasteiger partial charge on any atom is -0.271 e. The Bertz CT molecular complexity index is 1010. The summed E-state index contributed by atoms with van der Waals surface area (Å²) in [6.07, 6.45) is 2.69.